The van der Waals surface area contributed by atoms with E-state index in [1.807, 2.05) is 18.2 Å². The van der Waals surface area contributed by atoms with E-state index in [0.29, 0.717) is 6.04 Å². The molecule has 0 bridgehead atoms. The molecule has 3 nitrogen and oxygen atoms in total. The van der Waals surface area contributed by atoms with Crippen molar-refractivity contribution < 1.29 is 4.74 Å². The van der Waals surface area contributed by atoms with Gasteiger partial charge in [0.1, 0.15) is 5.75 Å². The molecule has 1 aromatic rings. The number of nitrogens with one attached hydrogen (secondary N) is 1. The number of methoxy groups -OCH3 is 1. The van der Waals surface area contributed by atoms with Crippen molar-refractivity contribution in [2.45, 2.75) is 25.8 Å². The van der Waals surface area contributed by atoms with E-state index < -0.39 is 0 Å². The first kappa shape index (κ1) is 13.5. The van der Waals surface area contributed by atoms with Crippen LogP contribution in [0.25, 0.3) is 0 Å². The van der Waals surface area contributed by atoms with Gasteiger partial charge in [-0.2, -0.15) is 0 Å². The van der Waals surface area contributed by atoms with Gasteiger partial charge in [-0.25, -0.2) is 0 Å². The molecular weight excluding hydrogens is 248 g/mol. The molecule has 0 amide bonds. The Morgan fingerprint density at radius 3 is 3.00 bits per heavy atom. The van der Waals surface area contributed by atoms with E-state index in [1.165, 1.54) is 0 Å². The van der Waals surface area contributed by atoms with Crippen molar-refractivity contribution in [2.24, 2.45) is 0 Å². The molecular formula is C14H21ClN2O. The molecule has 1 saturated heterocycles. The van der Waals surface area contributed by atoms with E-state index in [0.717, 1.165) is 48.9 Å². The average Bonchev–Trinajstić information content (AvgIpc) is 2.34. The maximum absolute atomic E-state index is 6.10. The highest BCUT2D eigenvalue weighted by Gasteiger charge is 2.16. The summed E-state index contributed by atoms with van der Waals surface area (Å²) in [7, 11) is 1.71. The minimum atomic E-state index is 0.568. The lowest BCUT2D eigenvalue weighted by molar-refractivity contribution is 0.411. The van der Waals surface area contributed by atoms with Gasteiger partial charge in [0.15, 0.2) is 0 Å². The minimum Gasteiger partial charge on any atom is -0.495 e. The first-order chi connectivity index (χ1) is 8.70. The van der Waals surface area contributed by atoms with Crippen molar-refractivity contribution in [3.63, 3.8) is 0 Å². The molecule has 0 aliphatic carbocycles. The van der Waals surface area contributed by atoms with Crippen LogP contribution in [-0.2, 0) is 0 Å². The zero-order valence-corrected chi connectivity index (χ0v) is 11.8. The van der Waals surface area contributed by atoms with Crippen LogP contribution in [0.15, 0.2) is 18.2 Å². The van der Waals surface area contributed by atoms with Crippen LogP contribution in [-0.4, -0.2) is 32.8 Å². The third-order valence-electron chi connectivity index (χ3n) is 3.41. The third kappa shape index (κ3) is 3.30. The molecule has 1 aliphatic rings. The van der Waals surface area contributed by atoms with Gasteiger partial charge in [-0.1, -0.05) is 11.6 Å². The second-order valence-electron chi connectivity index (χ2n) is 4.80. The van der Waals surface area contributed by atoms with Gasteiger partial charge in [0.2, 0.25) is 0 Å². The van der Waals surface area contributed by atoms with E-state index in [4.69, 9.17) is 16.3 Å². The highest BCUT2D eigenvalue weighted by atomic mass is 35.5. The van der Waals surface area contributed by atoms with Crippen molar-refractivity contribution in [1.82, 2.24) is 5.32 Å². The molecule has 0 spiro atoms. The molecule has 18 heavy (non-hydrogen) atoms. The number of halogens is 1. The van der Waals surface area contributed by atoms with Crippen molar-refractivity contribution in [2.75, 3.05) is 31.6 Å². The summed E-state index contributed by atoms with van der Waals surface area (Å²) in [6, 6.07) is 6.38. The number of anilines is 1. The number of hydrogen-bond donors (Lipinski definition) is 1. The second-order valence-corrected chi connectivity index (χ2v) is 5.24. The molecule has 0 saturated carbocycles. The zero-order valence-electron chi connectivity index (χ0n) is 11.1. The molecule has 1 aliphatic heterocycles. The Hall–Kier alpha value is -0.930. The van der Waals surface area contributed by atoms with Gasteiger partial charge in [0.25, 0.3) is 0 Å². The molecule has 1 fully saturated rings. The van der Waals surface area contributed by atoms with Gasteiger partial charge in [-0.3, -0.25) is 0 Å². The number of nitrogens with zero attached hydrogens (tertiary/aromatic N) is 1. The predicted molar refractivity (Wildman–Crippen MR) is 76.9 cm³/mol. The molecule has 0 aromatic heterocycles. The molecule has 4 heteroatoms. The van der Waals surface area contributed by atoms with E-state index in [-0.39, 0.29) is 0 Å². The fraction of sp³-hybridized carbons (Fsp3) is 0.571. The molecule has 1 unspecified atom stereocenters. The maximum Gasteiger partial charge on any atom is 0.142 e. The first-order valence-electron chi connectivity index (χ1n) is 6.52. The van der Waals surface area contributed by atoms with Gasteiger partial charge in [0.05, 0.1) is 12.8 Å². The molecule has 1 aromatic carbocycles. The van der Waals surface area contributed by atoms with Crippen molar-refractivity contribution in [3.05, 3.63) is 23.2 Å². The van der Waals surface area contributed by atoms with Crippen LogP contribution in [0.3, 0.4) is 0 Å². The lowest BCUT2D eigenvalue weighted by Crippen LogP contribution is -2.38. The van der Waals surface area contributed by atoms with Crippen LogP contribution in [0.5, 0.6) is 5.75 Å². The quantitative estimate of drug-likeness (QED) is 0.893. The van der Waals surface area contributed by atoms with Crippen LogP contribution in [0.1, 0.15) is 19.8 Å². The topological polar surface area (TPSA) is 24.5 Å². The summed E-state index contributed by atoms with van der Waals surface area (Å²) in [5.41, 5.74) is 1.11. The summed E-state index contributed by atoms with van der Waals surface area (Å²) in [6.07, 6.45) is 2.27. The van der Waals surface area contributed by atoms with Crippen molar-refractivity contribution in [3.8, 4) is 5.75 Å². The molecule has 1 heterocycles. The normalized spacial score (nSPS) is 21.3. The Balaban J connectivity index is 2.19. The largest absolute Gasteiger partial charge is 0.495 e. The monoisotopic (exact) mass is 268 g/mol. The van der Waals surface area contributed by atoms with Gasteiger partial charge < -0.3 is 15.0 Å². The van der Waals surface area contributed by atoms with Crippen LogP contribution in [0, 0.1) is 0 Å². The Bertz CT molecular complexity index is 397. The SMILES string of the molecule is COc1ccc(Cl)cc1N1CCCNC(C)CC1. The lowest BCUT2D eigenvalue weighted by atomic mass is 10.1. The molecule has 100 valence electrons. The lowest BCUT2D eigenvalue weighted by Gasteiger charge is -2.30. The fourth-order valence-corrected chi connectivity index (χ4v) is 2.50. The summed E-state index contributed by atoms with van der Waals surface area (Å²) < 4.78 is 5.44. The fourth-order valence-electron chi connectivity index (χ4n) is 2.33. The predicted octanol–water partition coefficient (Wildman–Crippen LogP) is 2.93. The average molecular weight is 269 g/mol. The van der Waals surface area contributed by atoms with Gasteiger partial charge in [-0.05, 0) is 44.5 Å². The molecule has 1 atom stereocenters. The Morgan fingerprint density at radius 1 is 1.39 bits per heavy atom. The van der Waals surface area contributed by atoms with Crippen molar-refractivity contribution in [1.29, 1.82) is 0 Å². The zero-order chi connectivity index (χ0) is 13.0. The van der Waals surface area contributed by atoms with Crippen molar-refractivity contribution >= 4 is 17.3 Å². The van der Waals surface area contributed by atoms with Gasteiger partial charge in [-0.15, -0.1) is 0 Å². The van der Waals surface area contributed by atoms with E-state index >= 15 is 0 Å². The van der Waals surface area contributed by atoms with E-state index in [1.54, 1.807) is 7.11 Å². The first-order valence-corrected chi connectivity index (χ1v) is 6.90. The second kappa shape index (κ2) is 6.30. The Morgan fingerprint density at radius 2 is 2.22 bits per heavy atom. The molecule has 0 radical (unpaired) electrons. The van der Waals surface area contributed by atoms with Gasteiger partial charge in [0, 0.05) is 24.2 Å². The highest BCUT2D eigenvalue weighted by Crippen LogP contribution is 2.31. The molecule has 2 rings (SSSR count). The summed E-state index contributed by atoms with van der Waals surface area (Å²) in [4.78, 5) is 2.38. The number of ether oxygens (including phenoxy) is 1. The Labute approximate surface area is 114 Å². The summed E-state index contributed by atoms with van der Waals surface area (Å²) in [5, 5.41) is 4.28. The van der Waals surface area contributed by atoms with E-state index in [2.05, 4.69) is 17.1 Å². The molecule has 1 N–H and O–H groups in total. The number of rotatable bonds is 2. The maximum atomic E-state index is 6.10. The Kier molecular flexibility index (Phi) is 4.72. The minimum absolute atomic E-state index is 0.568. The summed E-state index contributed by atoms with van der Waals surface area (Å²) >= 11 is 6.10. The highest BCUT2D eigenvalue weighted by molar-refractivity contribution is 6.30. The smallest absolute Gasteiger partial charge is 0.142 e. The van der Waals surface area contributed by atoms with Crippen LogP contribution in [0.2, 0.25) is 5.02 Å². The van der Waals surface area contributed by atoms with Crippen LogP contribution in [0.4, 0.5) is 5.69 Å². The number of benzene rings is 1. The summed E-state index contributed by atoms with van der Waals surface area (Å²) in [6.45, 7) is 5.38. The van der Waals surface area contributed by atoms with Crippen LogP contribution < -0.4 is 15.0 Å². The summed E-state index contributed by atoms with van der Waals surface area (Å²) in [5.74, 6) is 0.903. The third-order valence-corrected chi connectivity index (χ3v) is 3.65. The van der Waals surface area contributed by atoms with Gasteiger partial charge >= 0.3 is 0 Å². The van der Waals surface area contributed by atoms with Crippen LogP contribution >= 0.6 is 11.6 Å². The number of hydrogen-bond acceptors (Lipinski definition) is 3. The standard InChI is InChI=1S/C14H21ClN2O/c1-11-6-9-17(8-3-7-16-11)13-10-12(15)4-5-14(13)18-2/h4-5,10-11,16H,3,6-9H2,1-2H3. The van der Waals surface area contributed by atoms with E-state index in [9.17, 15) is 0 Å².